The second-order valence-corrected chi connectivity index (χ2v) is 3.59. The highest BCUT2D eigenvalue weighted by Gasteiger charge is 2.30. The lowest BCUT2D eigenvalue weighted by Crippen LogP contribution is -2.32. The van der Waals surface area contributed by atoms with Crippen molar-refractivity contribution in [1.29, 1.82) is 0 Å². The minimum absolute atomic E-state index is 0.175. The molecule has 1 fully saturated rings. The molecule has 1 saturated carbocycles. The Kier molecular flexibility index (Phi) is 3.98. The SMILES string of the molecule is CCCC(NO)OC(C)C1CC1. The van der Waals surface area contributed by atoms with Crippen molar-refractivity contribution in [3.05, 3.63) is 0 Å². The Morgan fingerprint density at radius 2 is 2.25 bits per heavy atom. The summed E-state index contributed by atoms with van der Waals surface area (Å²) in [7, 11) is 0. The fraction of sp³-hybridized carbons (Fsp3) is 1.00. The van der Waals surface area contributed by atoms with E-state index in [0.29, 0.717) is 6.10 Å². The van der Waals surface area contributed by atoms with Crippen LogP contribution >= 0.6 is 0 Å². The Balaban J connectivity index is 2.15. The monoisotopic (exact) mass is 173 g/mol. The average Bonchev–Trinajstić information content (AvgIpc) is 2.85. The van der Waals surface area contributed by atoms with Crippen LogP contribution < -0.4 is 5.48 Å². The summed E-state index contributed by atoms with van der Waals surface area (Å²) in [6.07, 6.45) is 4.58. The van der Waals surface area contributed by atoms with Gasteiger partial charge in [-0.1, -0.05) is 13.3 Å². The van der Waals surface area contributed by atoms with Crippen LogP contribution in [0.4, 0.5) is 0 Å². The zero-order chi connectivity index (χ0) is 8.97. The molecule has 0 aliphatic heterocycles. The first-order chi connectivity index (χ1) is 5.77. The summed E-state index contributed by atoms with van der Waals surface area (Å²) in [6, 6.07) is 0. The van der Waals surface area contributed by atoms with Crippen molar-refractivity contribution in [2.45, 2.75) is 51.9 Å². The first kappa shape index (κ1) is 9.96. The minimum Gasteiger partial charge on any atom is -0.358 e. The third-order valence-electron chi connectivity index (χ3n) is 2.36. The molecule has 3 heteroatoms. The highest BCUT2D eigenvalue weighted by atomic mass is 16.6. The molecule has 0 radical (unpaired) electrons. The molecule has 0 aromatic heterocycles. The van der Waals surface area contributed by atoms with Crippen molar-refractivity contribution >= 4 is 0 Å². The summed E-state index contributed by atoms with van der Waals surface area (Å²) < 4.78 is 5.60. The Morgan fingerprint density at radius 1 is 1.58 bits per heavy atom. The van der Waals surface area contributed by atoms with E-state index in [0.717, 1.165) is 18.8 Å². The third-order valence-corrected chi connectivity index (χ3v) is 2.36. The molecular formula is C9H19NO2. The first-order valence-electron chi connectivity index (χ1n) is 4.83. The third kappa shape index (κ3) is 3.09. The Morgan fingerprint density at radius 3 is 2.67 bits per heavy atom. The largest absolute Gasteiger partial charge is 0.358 e. The van der Waals surface area contributed by atoms with E-state index in [1.807, 2.05) is 0 Å². The summed E-state index contributed by atoms with van der Waals surface area (Å²) >= 11 is 0. The van der Waals surface area contributed by atoms with E-state index in [-0.39, 0.29) is 6.23 Å². The van der Waals surface area contributed by atoms with Crippen molar-refractivity contribution in [1.82, 2.24) is 5.48 Å². The molecule has 1 aliphatic carbocycles. The van der Waals surface area contributed by atoms with E-state index < -0.39 is 0 Å². The summed E-state index contributed by atoms with van der Waals surface area (Å²) in [5, 5.41) is 8.73. The van der Waals surface area contributed by atoms with Gasteiger partial charge in [-0.25, -0.2) is 0 Å². The molecule has 0 heterocycles. The van der Waals surface area contributed by atoms with E-state index in [1.165, 1.54) is 12.8 Å². The van der Waals surface area contributed by atoms with Crippen molar-refractivity contribution in [2.24, 2.45) is 5.92 Å². The van der Waals surface area contributed by atoms with Gasteiger partial charge in [0.2, 0.25) is 0 Å². The van der Waals surface area contributed by atoms with Gasteiger partial charge in [-0.15, -0.1) is 0 Å². The number of hydroxylamine groups is 1. The molecule has 2 unspecified atom stereocenters. The summed E-state index contributed by atoms with van der Waals surface area (Å²) in [5.41, 5.74) is 2.19. The first-order valence-corrected chi connectivity index (χ1v) is 4.83. The van der Waals surface area contributed by atoms with Gasteiger partial charge >= 0.3 is 0 Å². The Bertz CT molecular complexity index is 126. The highest BCUT2D eigenvalue weighted by Crippen LogP contribution is 2.34. The van der Waals surface area contributed by atoms with Crippen LogP contribution in [-0.2, 0) is 4.74 Å². The normalized spacial score (nSPS) is 22.2. The minimum atomic E-state index is -0.175. The van der Waals surface area contributed by atoms with Crippen LogP contribution in [0.15, 0.2) is 0 Å². The van der Waals surface area contributed by atoms with Crippen LogP contribution in [0.2, 0.25) is 0 Å². The van der Waals surface area contributed by atoms with Crippen molar-refractivity contribution in [2.75, 3.05) is 0 Å². The molecule has 2 atom stereocenters. The zero-order valence-electron chi connectivity index (χ0n) is 7.92. The molecule has 0 spiro atoms. The van der Waals surface area contributed by atoms with E-state index in [2.05, 4.69) is 19.3 Å². The molecule has 0 amide bonds. The zero-order valence-corrected chi connectivity index (χ0v) is 7.92. The van der Waals surface area contributed by atoms with Gasteiger partial charge in [-0.3, -0.25) is 0 Å². The van der Waals surface area contributed by atoms with Crippen molar-refractivity contribution in [3.63, 3.8) is 0 Å². The molecule has 1 rings (SSSR count). The number of hydrogen-bond acceptors (Lipinski definition) is 3. The van der Waals surface area contributed by atoms with Gasteiger partial charge in [0, 0.05) is 0 Å². The number of ether oxygens (including phenoxy) is 1. The standard InChI is InChI=1S/C9H19NO2/c1-3-4-9(10-11)12-7(2)8-5-6-8/h7-11H,3-6H2,1-2H3. The molecule has 1 aliphatic rings. The van der Waals surface area contributed by atoms with Gasteiger partial charge in [-0.05, 0) is 32.1 Å². The molecule has 0 aromatic carbocycles. The molecule has 3 nitrogen and oxygen atoms in total. The topological polar surface area (TPSA) is 41.5 Å². The number of nitrogens with one attached hydrogen (secondary N) is 1. The summed E-state index contributed by atoms with van der Waals surface area (Å²) in [5.74, 6) is 0.734. The molecule has 2 N–H and O–H groups in total. The molecule has 0 aromatic rings. The molecule has 0 bridgehead atoms. The predicted octanol–water partition coefficient (Wildman–Crippen LogP) is 1.91. The summed E-state index contributed by atoms with van der Waals surface area (Å²) in [6.45, 7) is 4.16. The lowest BCUT2D eigenvalue weighted by Gasteiger charge is -2.20. The maximum atomic E-state index is 8.73. The van der Waals surface area contributed by atoms with Crippen LogP contribution in [0.5, 0.6) is 0 Å². The van der Waals surface area contributed by atoms with Gasteiger partial charge in [0.1, 0.15) is 6.23 Å². The fourth-order valence-electron chi connectivity index (χ4n) is 1.36. The Hall–Kier alpha value is -0.120. The van der Waals surface area contributed by atoms with E-state index in [9.17, 15) is 0 Å². The summed E-state index contributed by atoms with van der Waals surface area (Å²) in [4.78, 5) is 0. The van der Waals surface area contributed by atoms with E-state index in [4.69, 9.17) is 9.94 Å². The smallest absolute Gasteiger partial charge is 0.130 e. The molecule has 0 saturated heterocycles. The van der Waals surface area contributed by atoms with Crippen molar-refractivity contribution in [3.8, 4) is 0 Å². The molecule has 12 heavy (non-hydrogen) atoms. The quantitative estimate of drug-likeness (QED) is 0.476. The lowest BCUT2D eigenvalue weighted by atomic mass is 10.2. The van der Waals surface area contributed by atoms with E-state index in [1.54, 1.807) is 0 Å². The highest BCUT2D eigenvalue weighted by molar-refractivity contribution is 4.79. The average molecular weight is 173 g/mol. The Labute approximate surface area is 74.1 Å². The molecular weight excluding hydrogens is 154 g/mol. The van der Waals surface area contributed by atoms with Gasteiger partial charge in [0.05, 0.1) is 6.10 Å². The predicted molar refractivity (Wildman–Crippen MR) is 46.9 cm³/mol. The fourth-order valence-corrected chi connectivity index (χ4v) is 1.36. The molecule has 72 valence electrons. The second kappa shape index (κ2) is 4.80. The number of hydrogen-bond donors (Lipinski definition) is 2. The van der Waals surface area contributed by atoms with Gasteiger partial charge in [0.15, 0.2) is 0 Å². The van der Waals surface area contributed by atoms with Gasteiger partial charge in [-0.2, -0.15) is 5.48 Å². The lowest BCUT2D eigenvalue weighted by molar-refractivity contribution is -0.0935. The maximum Gasteiger partial charge on any atom is 0.130 e. The second-order valence-electron chi connectivity index (χ2n) is 3.59. The van der Waals surface area contributed by atoms with Crippen LogP contribution in [0.1, 0.15) is 39.5 Å². The van der Waals surface area contributed by atoms with Crippen LogP contribution in [-0.4, -0.2) is 17.5 Å². The number of rotatable bonds is 6. The van der Waals surface area contributed by atoms with Crippen LogP contribution in [0.3, 0.4) is 0 Å². The maximum absolute atomic E-state index is 8.73. The van der Waals surface area contributed by atoms with Gasteiger partial charge in [0.25, 0.3) is 0 Å². The van der Waals surface area contributed by atoms with Crippen LogP contribution in [0.25, 0.3) is 0 Å². The van der Waals surface area contributed by atoms with Gasteiger partial charge < -0.3 is 9.94 Å². The van der Waals surface area contributed by atoms with Crippen LogP contribution in [0, 0.1) is 5.92 Å². The van der Waals surface area contributed by atoms with Crippen molar-refractivity contribution < 1.29 is 9.94 Å². The van der Waals surface area contributed by atoms with E-state index >= 15 is 0 Å².